The number of hydrogen-bond acceptors (Lipinski definition) is 7. The SMILES string of the molecule is O=C(COc1ccc(Br)cc1/C=C1\C(=O)NC(=O)N(c2cccc([N+](=O)[O-])c2)C1=O)Nc1ccc(Cl)cc1. The van der Waals surface area contributed by atoms with Crippen molar-refractivity contribution in [2.45, 2.75) is 0 Å². The van der Waals surface area contributed by atoms with Crippen molar-refractivity contribution in [1.82, 2.24) is 5.32 Å². The molecule has 4 rings (SSSR count). The number of ether oxygens (including phenoxy) is 1. The van der Waals surface area contributed by atoms with Gasteiger partial charge in [0.15, 0.2) is 6.61 Å². The van der Waals surface area contributed by atoms with Gasteiger partial charge in [-0.25, -0.2) is 9.69 Å². The molecular weight excluding hydrogens is 584 g/mol. The van der Waals surface area contributed by atoms with Gasteiger partial charge in [-0.05, 0) is 54.6 Å². The van der Waals surface area contributed by atoms with E-state index in [-0.39, 0.29) is 22.7 Å². The molecule has 1 fully saturated rings. The zero-order valence-corrected chi connectivity index (χ0v) is 21.5. The van der Waals surface area contributed by atoms with Crippen LogP contribution in [0.3, 0.4) is 0 Å². The van der Waals surface area contributed by atoms with E-state index < -0.39 is 40.9 Å². The zero-order valence-electron chi connectivity index (χ0n) is 19.1. The van der Waals surface area contributed by atoms with Crippen LogP contribution in [-0.2, 0) is 14.4 Å². The van der Waals surface area contributed by atoms with Crippen molar-refractivity contribution in [2.75, 3.05) is 16.8 Å². The molecule has 11 nitrogen and oxygen atoms in total. The molecule has 1 saturated heterocycles. The summed E-state index contributed by atoms with van der Waals surface area (Å²) in [5.74, 6) is -2.26. The molecule has 0 bridgehead atoms. The number of hydrogen-bond donors (Lipinski definition) is 2. The molecule has 1 aliphatic heterocycles. The number of non-ortho nitro benzene ring substituents is 1. The summed E-state index contributed by atoms with van der Waals surface area (Å²) in [6, 6.07) is 15.0. The van der Waals surface area contributed by atoms with E-state index >= 15 is 0 Å². The predicted molar refractivity (Wildman–Crippen MR) is 142 cm³/mol. The number of urea groups is 1. The van der Waals surface area contributed by atoms with Crippen LogP contribution in [0.15, 0.2) is 76.8 Å². The molecule has 0 radical (unpaired) electrons. The fraction of sp³-hybridized carbons (Fsp3) is 0.0400. The molecular formula is C25H16BrClN4O7. The number of carbonyl (C=O) groups excluding carboxylic acids is 4. The molecule has 2 N–H and O–H groups in total. The van der Waals surface area contributed by atoms with Gasteiger partial charge in [0, 0.05) is 32.9 Å². The van der Waals surface area contributed by atoms with Crippen molar-refractivity contribution in [3.8, 4) is 5.75 Å². The van der Waals surface area contributed by atoms with E-state index in [0.29, 0.717) is 20.1 Å². The highest BCUT2D eigenvalue weighted by molar-refractivity contribution is 9.10. The molecule has 0 unspecified atom stereocenters. The van der Waals surface area contributed by atoms with Crippen LogP contribution < -0.4 is 20.3 Å². The first-order valence-corrected chi connectivity index (χ1v) is 11.9. The van der Waals surface area contributed by atoms with E-state index in [0.717, 1.165) is 6.07 Å². The van der Waals surface area contributed by atoms with Gasteiger partial charge in [0.05, 0.1) is 10.6 Å². The smallest absolute Gasteiger partial charge is 0.335 e. The van der Waals surface area contributed by atoms with Crippen LogP contribution in [0.25, 0.3) is 6.08 Å². The van der Waals surface area contributed by atoms with Crippen molar-refractivity contribution in [2.24, 2.45) is 0 Å². The first kappa shape index (κ1) is 26.5. The molecule has 1 aliphatic rings. The molecule has 0 atom stereocenters. The average Bonchev–Trinajstić information content (AvgIpc) is 2.87. The van der Waals surface area contributed by atoms with E-state index in [1.807, 2.05) is 0 Å². The van der Waals surface area contributed by atoms with Gasteiger partial charge in [-0.2, -0.15) is 0 Å². The van der Waals surface area contributed by atoms with Crippen molar-refractivity contribution in [1.29, 1.82) is 0 Å². The van der Waals surface area contributed by atoms with Gasteiger partial charge in [-0.3, -0.25) is 29.8 Å². The third kappa shape index (κ3) is 6.05. The van der Waals surface area contributed by atoms with Gasteiger partial charge in [0.25, 0.3) is 23.4 Å². The summed E-state index contributed by atoms with van der Waals surface area (Å²) in [7, 11) is 0. The molecule has 192 valence electrons. The van der Waals surface area contributed by atoms with Crippen LogP contribution in [0.5, 0.6) is 5.75 Å². The first-order valence-electron chi connectivity index (χ1n) is 10.8. The molecule has 5 amide bonds. The Morgan fingerprint density at radius 1 is 1.11 bits per heavy atom. The Hall–Kier alpha value is -4.55. The maximum absolute atomic E-state index is 13.2. The van der Waals surface area contributed by atoms with E-state index in [9.17, 15) is 29.3 Å². The van der Waals surface area contributed by atoms with Gasteiger partial charge in [0.1, 0.15) is 11.3 Å². The number of nitrogens with zero attached hydrogens (tertiary/aromatic N) is 2. The number of barbiturate groups is 1. The number of imide groups is 2. The summed E-state index contributed by atoms with van der Waals surface area (Å²) in [5.41, 5.74) is -0.0959. The third-order valence-electron chi connectivity index (χ3n) is 5.16. The summed E-state index contributed by atoms with van der Waals surface area (Å²) in [6.07, 6.45) is 1.20. The monoisotopic (exact) mass is 598 g/mol. The van der Waals surface area contributed by atoms with E-state index in [2.05, 4.69) is 26.6 Å². The predicted octanol–water partition coefficient (Wildman–Crippen LogP) is 4.69. The number of nitro benzene ring substituents is 1. The lowest BCUT2D eigenvalue weighted by molar-refractivity contribution is -0.384. The highest BCUT2D eigenvalue weighted by Crippen LogP contribution is 2.29. The lowest BCUT2D eigenvalue weighted by Gasteiger charge is -2.26. The summed E-state index contributed by atoms with van der Waals surface area (Å²) in [5, 5.41) is 16.4. The van der Waals surface area contributed by atoms with Crippen molar-refractivity contribution < 1.29 is 28.8 Å². The molecule has 13 heteroatoms. The van der Waals surface area contributed by atoms with Crippen LogP contribution in [0.2, 0.25) is 5.02 Å². The highest BCUT2D eigenvalue weighted by atomic mass is 79.9. The minimum atomic E-state index is -1.05. The Morgan fingerprint density at radius 3 is 2.55 bits per heavy atom. The van der Waals surface area contributed by atoms with Crippen LogP contribution in [0, 0.1) is 10.1 Å². The van der Waals surface area contributed by atoms with Gasteiger partial charge >= 0.3 is 6.03 Å². The standard InChI is InChI=1S/C25H16BrClN4O7/c26-15-4-9-21(38-13-22(32)28-17-7-5-16(27)6-8-17)14(10-15)11-20-23(33)29-25(35)30(24(20)34)18-2-1-3-19(12-18)31(36)37/h1-12H,13H2,(H,28,32)(H,29,33,35)/b20-11+. The topological polar surface area (TPSA) is 148 Å². The number of carbonyl (C=O) groups is 4. The average molecular weight is 600 g/mol. The Kier molecular flexibility index (Phi) is 7.84. The number of halogens is 2. The van der Waals surface area contributed by atoms with E-state index in [1.54, 1.807) is 36.4 Å². The summed E-state index contributed by atoms with van der Waals surface area (Å²) in [6.45, 7) is -0.390. The third-order valence-corrected chi connectivity index (χ3v) is 5.90. The largest absolute Gasteiger partial charge is 0.483 e. The molecule has 1 heterocycles. The summed E-state index contributed by atoms with van der Waals surface area (Å²) < 4.78 is 6.22. The molecule has 0 aliphatic carbocycles. The van der Waals surface area contributed by atoms with E-state index in [4.69, 9.17) is 16.3 Å². The first-order chi connectivity index (χ1) is 18.1. The van der Waals surface area contributed by atoms with Crippen LogP contribution in [0.1, 0.15) is 5.56 Å². The minimum Gasteiger partial charge on any atom is -0.483 e. The fourth-order valence-corrected chi connectivity index (χ4v) is 3.94. The maximum Gasteiger partial charge on any atom is 0.335 e. The summed E-state index contributed by atoms with van der Waals surface area (Å²) in [4.78, 5) is 61.7. The molecule has 38 heavy (non-hydrogen) atoms. The lowest BCUT2D eigenvalue weighted by Crippen LogP contribution is -2.54. The number of nitrogens with one attached hydrogen (secondary N) is 2. The van der Waals surface area contributed by atoms with Gasteiger partial charge in [-0.15, -0.1) is 0 Å². The molecule has 3 aromatic carbocycles. The van der Waals surface area contributed by atoms with Crippen molar-refractivity contribution in [3.63, 3.8) is 0 Å². The quantitative estimate of drug-likeness (QED) is 0.173. The molecule has 0 aromatic heterocycles. The molecule has 0 saturated carbocycles. The highest BCUT2D eigenvalue weighted by Gasteiger charge is 2.37. The molecule has 3 aromatic rings. The number of amides is 5. The Balaban J connectivity index is 1.59. The second-order valence-electron chi connectivity index (χ2n) is 7.76. The Morgan fingerprint density at radius 2 is 1.84 bits per heavy atom. The van der Waals surface area contributed by atoms with Crippen molar-refractivity contribution in [3.05, 3.63) is 97.5 Å². The number of anilines is 2. The van der Waals surface area contributed by atoms with Crippen LogP contribution >= 0.6 is 27.5 Å². The van der Waals surface area contributed by atoms with Gasteiger partial charge in [0.2, 0.25) is 0 Å². The lowest BCUT2D eigenvalue weighted by atomic mass is 10.1. The summed E-state index contributed by atoms with van der Waals surface area (Å²) >= 11 is 9.16. The normalized spacial score (nSPS) is 14.3. The van der Waals surface area contributed by atoms with Gasteiger partial charge in [-0.1, -0.05) is 33.6 Å². The minimum absolute atomic E-state index is 0.0929. The second-order valence-corrected chi connectivity index (χ2v) is 9.11. The van der Waals surface area contributed by atoms with E-state index in [1.165, 1.54) is 30.3 Å². The second kappa shape index (κ2) is 11.2. The fourth-order valence-electron chi connectivity index (χ4n) is 3.43. The molecule has 0 spiro atoms. The van der Waals surface area contributed by atoms with Crippen LogP contribution in [0.4, 0.5) is 21.9 Å². The number of nitro groups is 1. The Labute approximate surface area is 228 Å². The van der Waals surface area contributed by atoms with Crippen molar-refractivity contribution >= 4 is 74.4 Å². The number of benzene rings is 3. The maximum atomic E-state index is 13.2. The number of rotatable bonds is 7. The van der Waals surface area contributed by atoms with Crippen LogP contribution in [-0.4, -0.2) is 35.3 Å². The Bertz CT molecular complexity index is 1510. The van der Waals surface area contributed by atoms with Gasteiger partial charge < -0.3 is 10.1 Å². The zero-order chi connectivity index (χ0) is 27.4.